The molecule has 156 valence electrons. The van der Waals surface area contributed by atoms with Crippen LogP contribution in [0.5, 0.6) is 5.75 Å². The Balaban J connectivity index is 1.44. The van der Waals surface area contributed by atoms with Crippen molar-refractivity contribution in [3.05, 3.63) is 51.5 Å². The number of carbonyl (C=O) groups excluding carboxylic acids is 2. The first kappa shape index (κ1) is 20.6. The fourth-order valence-corrected chi connectivity index (χ4v) is 5.19. The molecule has 3 heterocycles. The Bertz CT molecular complexity index is 1030. The maximum absolute atomic E-state index is 12.9. The minimum Gasteiger partial charge on any atom is -0.497 e. The van der Waals surface area contributed by atoms with E-state index >= 15 is 0 Å². The number of carbonyl (C=O) groups is 2. The van der Waals surface area contributed by atoms with Gasteiger partial charge in [-0.05, 0) is 55.5 Å². The second-order valence-electron chi connectivity index (χ2n) is 7.14. The van der Waals surface area contributed by atoms with Crippen LogP contribution in [0.3, 0.4) is 0 Å². The Hall–Kier alpha value is -2.71. The maximum Gasteiger partial charge on any atom is 0.248 e. The Labute approximate surface area is 183 Å². The van der Waals surface area contributed by atoms with Crippen molar-refractivity contribution in [3.63, 3.8) is 0 Å². The average Bonchev–Trinajstić information content (AvgIpc) is 3.49. The lowest BCUT2D eigenvalue weighted by Crippen LogP contribution is -2.43. The molecule has 3 aromatic rings. The lowest BCUT2D eigenvalue weighted by atomic mass is 10.1. The molecular formula is C22H23N3O3S2. The molecule has 30 heavy (non-hydrogen) atoms. The van der Waals surface area contributed by atoms with Crippen LogP contribution in [-0.2, 0) is 16.0 Å². The molecule has 2 amide bonds. The largest absolute Gasteiger partial charge is 0.497 e. The number of nitrogens with zero attached hydrogens (tertiary/aromatic N) is 2. The van der Waals surface area contributed by atoms with Gasteiger partial charge >= 0.3 is 0 Å². The highest BCUT2D eigenvalue weighted by Gasteiger charge is 2.34. The Morgan fingerprint density at radius 3 is 2.77 bits per heavy atom. The van der Waals surface area contributed by atoms with Gasteiger partial charge in [-0.1, -0.05) is 6.07 Å². The summed E-state index contributed by atoms with van der Waals surface area (Å²) in [6.45, 7) is 2.61. The van der Waals surface area contributed by atoms with E-state index in [4.69, 9.17) is 4.74 Å². The highest BCUT2D eigenvalue weighted by atomic mass is 32.1. The van der Waals surface area contributed by atoms with Gasteiger partial charge in [-0.25, -0.2) is 4.98 Å². The van der Waals surface area contributed by atoms with Crippen LogP contribution in [0.4, 0.5) is 5.13 Å². The van der Waals surface area contributed by atoms with Crippen LogP contribution in [0, 0.1) is 6.92 Å². The molecule has 1 aliphatic rings. The van der Waals surface area contributed by atoms with Gasteiger partial charge in [0.25, 0.3) is 0 Å². The monoisotopic (exact) mass is 441 g/mol. The number of ether oxygens (including phenoxy) is 1. The Morgan fingerprint density at radius 1 is 1.27 bits per heavy atom. The van der Waals surface area contributed by atoms with Gasteiger partial charge in [-0.3, -0.25) is 9.59 Å². The number of amides is 2. The number of methoxy groups -OCH3 is 1. The number of hydrogen-bond acceptors (Lipinski definition) is 6. The fraction of sp³-hybridized carbons (Fsp3) is 0.318. The zero-order valence-electron chi connectivity index (χ0n) is 16.9. The number of thiazole rings is 1. The molecule has 1 unspecified atom stereocenters. The van der Waals surface area contributed by atoms with E-state index in [-0.39, 0.29) is 11.8 Å². The summed E-state index contributed by atoms with van der Waals surface area (Å²) in [7, 11) is 1.63. The van der Waals surface area contributed by atoms with Crippen molar-refractivity contribution in [1.29, 1.82) is 0 Å². The molecule has 1 aliphatic heterocycles. The normalized spacial score (nSPS) is 15.9. The molecule has 1 fully saturated rings. The smallest absolute Gasteiger partial charge is 0.248 e. The van der Waals surface area contributed by atoms with E-state index in [2.05, 4.69) is 10.3 Å². The molecule has 0 radical (unpaired) electrons. The van der Waals surface area contributed by atoms with Crippen molar-refractivity contribution >= 4 is 39.6 Å². The average molecular weight is 442 g/mol. The van der Waals surface area contributed by atoms with E-state index in [1.165, 1.54) is 11.3 Å². The van der Waals surface area contributed by atoms with Crippen molar-refractivity contribution in [3.8, 4) is 17.0 Å². The van der Waals surface area contributed by atoms with E-state index in [9.17, 15) is 9.59 Å². The minimum atomic E-state index is -0.439. The van der Waals surface area contributed by atoms with Gasteiger partial charge in [0.15, 0.2) is 5.13 Å². The molecule has 2 aromatic heterocycles. The van der Waals surface area contributed by atoms with Crippen molar-refractivity contribution in [2.24, 2.45) is 0 Å². The summed E-state index contributed by atoms with van der Waals surface area (Å²) >= 11 is 3.01. The lowest BCUT2D eigenvalue weighted by molar-refractivity contribution is -0.136. The highest BCUT2D eigenvalue weighted by molar-refractivity contribution is 7.16. The number of anilines is 1. The summed E-state index contributed by atoms with van der Waals surface area (Å²) in [6, 6.07) is 11.1. The lowest BCUT2D eigenvalue weighted by Gasteiger charge is -2.23. The van der Waals surface area contributed by atoms with E-state index in [1.54, 1.807) is 23.3 Å². The van der Waals surface area contributed by atoms with Crippen LogP contribution < -0.4 is 10.1 Å². The first-order valence-electron chi connectivity index (χ1n) is 9.79. The molecule has 1 saturated heterocycles. The number of rotatable bonds is 6. The van der Waals surface area contributed by atoms with Crippen LogP contribution in [0.2, 0.25) is 0 Å². The number of benzene rings is 1. The molecule has 6 nitrogen and oxygen atoms in total. The van der Waals surface area contributed by atoms with E-state index in [1.807, 2.05) is 48.7 Å². The third-order valence-corrected chi connectivity index (χ3v) is 6.93. The number of nitrogens with one attached hydrogen (secondary N) is 1. The molecule has 0 aliphatic carbocycles. The third-order valence-electron chi connectivity index (χ3n) is 5.17. The summed E-state index contributed by atoms with van der Waals surface area (Å²) in [5.41, 5.74) is 1.81. The highest BCUT2D eigenvalue weighted by Crippen LogP contribution is 2.32. The van der Waals surface area contributed by atoms with Crippen molar-refractivity contribution in [1.82, 2.24) is 9.88 Å². The van der Waals surface area contributed by atoms with Gasteiger partial charge in [-0.2, -0.15) is 0 Å². The summed E-state index contributed by atoms with van der Waals surface area (Å²) in [4.78, 5) is 34.0. The van der Waals surface area contributed by atoms with Crippen LogP contribution in [-0.4, -0.2) is 41.4 Å². The maximum atomic E-state index is 12.9. The van der Waals surface area contributed by atoms with Gasteiger partial charge in [0, 0.05) is 21.9 Å². The molecule has 4 rings (SSSR count). The second-order valence-corrected chi connectivity index (χ2v) is 9.38. The molecule has 1 N–H and O–H groups in total. The Kier molecular flexibility index (Phi) is 6.15. The van der Waals surface area contributed by atoms with Crippen LogP contribution in [0.25, 0.3) is 11.3 Å². The summed E-state index contributed by atoms with van der Waals surface area (Å²) < 4.78 is 5.21. The molecule has 0 saturated carbocycles. The first-order valence-corrected chi connectivity index (χ1v) is 11.5. The molecule has 1 atom stereocenters. The number of aryl methyl sites for hydroxylation is 1. The van der Waals surface area contributed by atoms with Gasteiger partial charge in [-0.15, -0.1) is 22.7 Å². The minimum absolute atomic E-state index is 0.00402. The van der Waals surface area contributed by atoms with Crippen molar-refractivity contribution in [2.45, 2.75) is 32.2 Å². The summed E-state index contributed by atoms with van der Waals surface area (Å²) in [5.74, 6) is 0.625. The number of hydrogen-bond donors (Lipinski definition) is 1. The number of likely N-dealkylation sites (tertiary alicyclic amines) is 1. The predicted molar refractivity (Wildman–Crippen MR) is 120 cm³/mol. The summed E-state index contributed by atoms with van der Waals surface area (Å²) in [5, 5.41) is 5.45. The predicted octanol–water partition coefficient (Wildman–Crippen LogP) is 4.36. The quantitative estimate of drug-likeness (QED) is 0.617. The number of thiophene rings is 1. The molecule has 0 bridgehead atoms. The van der Waals surface area contributed by atoms with Gasteiger partial charge in [0.1, 0.15) is 11.8 Å². The SMILES string of the molecule is COc1ccc(-c2nc(NC(=O)C3CCCN3C(=O)Cc3cccs3)sc2C)cc1. The summed E-state index contributed by atoms with van der Waals surface area (Å²) in [6.07, 6.45) is 1.86. The van der Waals surface area contributed by atoms with Crippen LogP contribution in [0.1, 0.15) is 22.6 Å². The topological polar surface area (TPSA) is 71.5 Å². The van der Waals surface area contributed by atoms with Gasteiger partial charge in [0.2, 0.25) is 11.8 Å². The third kappa shape index (κ3) is 4.39. The molecule has 0 spiro atoms. The second kappa shape index (κ2) is 8.97. The standard InChI is InChI=1S/C22H23N3O3S2/c1-14-20(15-7-9-16(28-2)10-8-15)23-22(30-14)24-21(27)18-6-3-11-25(18)19(26)13-17-5-4-12-29-17/h4-5,7-10,12,18H,3,6,11,13H2,1-2H3,(H,23,24,27). The van der Waals surface area contributed by atoms with Crippen molar-refractivity contribution < 1.29 is 14.3 Å². The first-order chi connectivity index (χ1) is 14.5. The fourth-order valence-electron chi connectivity index (χ4n) is 3.66. The van der Waals surface area contributed by atoms with E-state index in [0.717, 1.165) is 33.2 Å². The Morgan fingerprint density at radius 2 is 2.07 bits per heavy atom. The zero-order valence-corrected chi connectivity index (χ0v) is 18.5. The molecular weight excluding hydrogens is 418 g/mol. The van der Waals surface area contributed by atoms with Crippen LogP contribution in [0.15, 0.2) is 41.8 Å². The molecule has 8 heteroatoms. The van der Waals surface area contributed by atoms with E-state index < -0.39 is 6.04 Å². The number of aromatic nitrogens is 1. The van der Waals surface area contributed by atoms with Crippen molar-refractivity contribution in [2.75, 3.05) is 19.0 Å². The zero-order chi connectivity index (χ0) is 21.1. The van der Waals surface area contributed by atoms with Crippen LogP contribution >= 0.6 is 22.7 Å². The van der Waals surface area contributed by atoms with Gasteiger partial charge in [0.05, 0.1) is 19.2 Å². The molecule has 1 aromatic carbocycles. The van der Waals surface area contributed by atoms with Gasteiger partial charge < -0.3 is 15.0 Å². The van der Waals surface area contributed by atoms with E-state index in [0.29, 0.717) is 24.5 Å².